The molecule has 8 heteroatoms. The topological polar surface area (TPSA) is 95.5 Å². The number of nitrogens with two attached hydrogens (primary N) is 1. The number of nitrogens with zero attached hydrogens (tertiary/aromatic N) is 1. The fourth-order valence-electron chi connectivity index (χ4n) is 0.850. The van der Waals surface area contributed by atoms with Gasteiger partial charge in [0.25, 0.3) is 5.69 Å². The van der Waals surface area contributed by atoms with Gasteiger partial charge in [-0.25, -0.2) is 4.79 Å². The molecule has 1 rings (SSSR count). The number of halogens is 2. The summed E-state index contributed by atoms with van der Waals surface area (Å²) in [6.07, 6.45) is -1.10. The van der Waals surface area contributed by atoms with Gasteiger partial charge < -0.3 is 10.5 Å². The van der Waals surface area contributed by atoms with Crippen LogP contribution in [0.1, 0.15) is 0 Å². The molecule has 80 valence electrons. The van der Waals surface area contributed by atoms with Crippen molar-refractivity contribution in [3.8, 4) is 5.75 Å². The van der Waals surface area contributed by atoms with E-state index in [4.69, 9.17) is 28.9 Å². The lowest BCUT2D eigenvalue weighted by Crippen LogP contribution is -2.16. The summed E-state index contributed by atoms with van der Waals surface area (Å²) in [5, 5.41) is 10.1. The Morgan fingerprint density at radius 3 is 2.20 bits per heavy atom. The van der Waals surface area contributed by atoms with Gasteiger partial charge in [-0.3, -0.25) is 10.1 Å². The maximum Gasteiger partial charge on any atom is 0.410 e. The third kappa shape index (κ3) is 2.71. The summed E-state index contributed by atoms with van der Waals surface area (Å²) in [5.41, 5.74) is 4.44. The van der Waals surface area contributed by atoms with Crippen molar-refractivity contribution in [3.05, 3.63) is 32.3 Å². The van der Waals surface area contributed by atoms with Gasteiger partial charge in [-0.1, -0.05) is 23.2 Å². The lowest BCUT2D eigenvalue weighted by Gasteiger charge is -2.05. The maximum absolute atomic E-state index is 10.4. The number of benzene rings is 1. The second kappa shape index (κ2) is 4.33. The molecule has 0 aliphatic carbocycles. The van der Waals surface area contributed by atoms with Crippen molar-refractivity contribution in [2.24, 2.45) is 5.73 Å². The predicted octanol–water partition coefficient (Wildman–Crippen LogP) is 2.36. The molecule has 2 N–H and O–H groups in total. The van der Waals surface area contributed by atoms with Crippen LogP contribution < -0.4 is 10.5 Å². The number of carbonyl (C=O) groups excluding carboxylic acids is 1. The van der Waals surface area contributed by atoms with Crippen molar-refractivity contribution in [2.75, 3.05) is 0 Å². The Morgan fingerprint density at radius 2 is 1.87 bits per heavy atom. The SMILES string of the molecule is NC(=O)Oc1c(Cl)cc([N+](=O)[O-])cc1Cl. The Bertz CT molecular complexity index is 412. The van der Waals surface area contributed by atoms with Gasteiger partial charge in [-0.15, -0.1) is 0 Å². The van der Waals surface area contributed by atoms with E-state index in [0.29, 0.717) is 0 Å². The molecule has 0 saturated carbocycles. The highest BCUT2D eigenvalue weighted by Crippen LogP contribution is 2.36. The van der Waals surface area contributed by atoms with E-state index < -0.39 is 11.0 Å². The zero-order valence-corrected chi connectivity index (χ0v) is 8.58. The number of carbonyl (C=O) groups is 1. The second-order valence-corrected chi connectivity index (χ2v) is 3.23. The number of amides is 1. The minimum atomic E-state index is -1.10. The molecule has 15 heavy (non-hydrogen) atoms. The molecule has 0 heterocycles. The lowest BCUT2D eigenvalue weighted by molar-refractivity contribution is -0.384. The first kappa shape index (κ1) is 11.5. The largest absolute Gasteiger partial charge is 0.410 e. The molecule has 0 radical (unpaired) electrons. The molecule has 0 bridgehead atoms. The number of hydrogen-bond acceptors (Lipinski definition) is 4. The van der Waals surface area contributed by atoms with E-state index in [0.717, 1.165) is 12.1 Å². The molecule has 1 aromatic carbocycles. The molecule has 0 spiro atoms. The van der Waals surface area contributed by atoms with E-state index >= 15 is 0 Å². The van der Waals surface area contributed by atoms with E-state index in [9.17, 15) is 14.9 Å². The van der Waals surface area contributed by atoms with Crippen molar-refractivity contribution in [2.45, 2.75) is 0 Å². The fourth-order valence-corrected chi connectivity index (χ4v) is 1.40. The maximum atomic E-state index is 10.4. The average molecular weight is 251 g/mol. The van der Waals surface area contributed by atoms with Gasteiger partial charge in [0, 0.05) is 12.1 Å². The van der Waals surface area contributed by atoms with Gasteiger partial charge in [0.1, 0.15) is 0 Å². The van der Waals surface area contributed by atoms with Crippen molar-refractivity contribution >= 4 is 35.0 Å². The van der Waals surface area contributed by atoms with Crippen LogP contribution in [-0.4, -0.2) is 11.0 Å². The number of primary amides is 1. The quantitative estimate of drug-likeness (QED) is 0.644. The minimum Gasteiger partial charge on any atom is -0.407 e. The third-order valence-electron chi connectivity index (χ3n) is 1.40. The van der Waals surface area contributed by atoms with Crippen LogP contribution in [0.25, 0.3) is 0 Å². The van der Waals surface area contributed by atoms with Crippen LogP contribution in [0.15, 0.2) is 12.1 Å². The van der Waals surface area contributed by atoms with E-state index in [1.54, 1.807) is 0 Å². The standard InChI is InChI=1S/C7H4Cl2N2O4/c8-4-1-3(11(13)14)2-5(9)6(4)15-7(10)12/h1-2H,(H2,10,12). The molecule has 1 aromatic rings. The summed E-state index contributed by atoms with van der Waals surface area (Å²) in [6.45, 7) is 0. The van der Waals surface area contributed by atoms with Crippen LogP contribution >= 0.6 is 23.2 Å². The summed E-state index contributed by atoms with van der Waals surface area (Å²) in [7, 11) is 0. The van der Waals surface area contributed by atoms with Crippen LogP contribution in [0.2, 0.25) is 10.0 Å². The number of nitro groups is 1. The van der Waals surface area contributed by atoms with Crippen molar-refractivity contribution in [3.63, 3.8) is 0 Å². The summed E-state index contributed by atoms with van der Waals surface area (Å²) in [6, 6.07) is 2.01. The van der Waals surface area contributed by atoms with E-state index in [2.05, 4.69) is 4.74 Å². The highest BCUT2D eigenvalue weighted by Gasteiger charge is 2.16. The number of hydrogen-bond donors (Lipinski definition) is 1. The Hall–Kier alpha value is -1.53. The summed E-state index contributed by atoms with van der Waals surface area (Å²) in [5.74, 6) is -0.198. The number of nitro benzene ring substituents is 1. The first-order valence-corrected chi connectivity index (χ1v) is 4.28. The normalized spacial score (nSPS) is 9.73. The van der Waals surface area contributed by atoms with E-state index in [1.165, 1.54) is 0 Å². The molecule has 6 nitrogen and oxygen atoms in total. The van der Waals surface area contributed by atoms with Crippen molar-refractivity contribution in [1.29, 1.82) is 0 Å². The molecule has 1 amide bonds. The first-order valence-electron chi connectivity index (χ1n) is 3.52. The Kier molecular flexibility index (Phi) is 3.33. The summed E-state index contributed by atoms with van der Waals surface area (Å²) >= 11 is 11.2. The van der Waals surface area contributed by atoms with Gasteiger partial charge in [0.05, 0.1) is 15.0 Å². The fraction of sp³-hybridized carbons (Fsp3) is 0. The number of ether oxygens (including phenoxy) is 1. The van der Waals surface area contributed by atoms with Gasteiger partial charge >= 0.3 is 6.09 Å². The van der Waals surface area contributed by atoms with E-state index in [1.807, 2.05) is 0 Å². The van der Waals surface area contributed by atoms with Crippen LogP contribution in [0.3, 0.4) is 0 Å². The van der Waals surface area contributed by atoms with Crippen LogP contribution in [0, 0.1) is 10.1 Å². The smallest absolute Gasteiger partial charge is 0.407 e. The van der Waals surface area contributed by atoms with Crippen LogP contribution in [0.5, 0.6) is 5.75 Å². The molecule has 0 aliphatic heterocycles. The first-order chi connectivity index (χ1) is 6.91. The second-order valence-electron chi connectivity index (χ2n) is 2.42. The number of rotatable bonds is 2. The molecule has 0 unspecified atom stereocenters. The Morgan fingerprint density at radius 1 is 1.40 bits per heavy atom. The monoisotopic (exact) mass is 250 g/mol. The lowest BCUT2D eigenvalue weighted by atomic mass is 10.3. The van der Waals surface area contributed by atoms with Gasteiger partial charge in [-0.2, -0.15) is 0 Å². The molecule has 0 atom stereocenters. The highest BCUT2D eigenvalue weighted by molar-refractivity contribution is 6.37. The van der Waals surface area contributed by atoms with Gasteiger partial charge in [0.2, 0.25) is 0 Å². The molecule has 0 fully saturated rings. The van der Waals surface area contributed by atoms with E-state index in [-0.39, 0.29) is 21.5 Å². The van der Waals surface area contributed by atoms with Gasteiger partial charge in [0.15, 0.2) is 5.75 Å². The van der Waals surface area contributed by atoms with Gasteiger partial charge in [-0.05, 0) is 0 Å². The molecular formula is C7H4Cl2N2O4. The van der Waals surface area contributed by atoms with Crippen LogP contribution in [-0.2, 0) is 0 Å². The molecule has 0 aliphatic rings. The minimum absolute atomic E-state index is 0.159. The number of non-ortho nitro benzene ring substituents is 1. The van der Waals surface area contributed by atoms with Crippen molar-refractivity contribution < 1.29 is 14.5 Å². The molecule has 0 saturated heterocycles. The zero-order valence-electron chi connectivity index (χ0n) is 7.07. The van der Waals surface area contributed by atoms with Crippen LogP contribution in [0.4, 0.5) is 10.5 Å². The third-order valence-corrected chi connectivity index (χ3v) is 1.96. The Balaban J connectivity index is 3.21. The average Bonchev–Trinajstić information content (AvgIpc) is 2.10. The highest BCUT2D eigenvalue weighted by atomic mass is 35.5. The molecule has 0 aromatic heterocycles. The molecular weight excluding hydrogens is 247 g/mol. The Labute approximate surface area is 93.7 Å². The zero-order chi connectivity index (χ0) is 11.6. The predicted molar refractivity (Wildman–Crippen MR) is 53.3 cm³/mol. The summed E-state index contributed by atoms with van der Waals surface area (Å²) in [4.78, 5) is 20.2. The van der Waals surface area contributed by atoms with Crippen molar-refractivity contribution in [1.82, 2.24) is 0 Å². The summed E-state index contributed by atoms with van der Waals surface area (Å²) < 4.78 is 4.46.